The lowest BCUT2D eigenvalue weighted by molar-refractivity contribution is 0.0767. The smallest absolute Gasteiger partial charge is 0.324 e. The third kappa shape index (κ3) is 6.27. The highest BCUT2D eigenvalue weighted by atomic mass is 16.3. The van der Waals surface area contributed by atoms with E-state index in [4.69, 9.17) is 0 Å². The molecule has 0 radical (unpaired) electrons. The Morgan fingerprint density at radius 3 is 2.57 bits per heavy atom. The highest BCUT2D eigenvalue weighted by molar-refractivity contribution is 6.06. The number of fused-ring (bicyclic) bond motifs is 2. The third-order valence-electron chi connectivity index (χ3n) is 9.80. The number of aryl methyl sites for hydroxylation is 1. The molecule has 0 bridgehead atoms. The zero-order valence-electron chi connectivity index (χ0n) is 27.0. The summed E-state index contributed by atoms with van der Waals surface area (Å²) >= 11 is 0. The van der Waals surface area contributed by atoms with Gasteiger partial charge in [-0.1, -0.05) is 60.7 Å². The fourth-order valence-corrected chi connectivity index (χ4v) is 7.22. The maximum absolute atomic E-state index is 13.6. The number of likely N-dealkylation sites (tertiary alicyclic amines) is 1. The van der Waals surface area contributed by atoms with Crippen LogP contribution >= 0.6 is 0 Å². The van der Waals surface area contributed by atoms with Gasteiger partial charge in [0.1, 0.15) is 0 Å². The number of likely N-dealkylation sites (N-methyl/N-ethyl adjacent to an activating group) is 1. The maximum Gasteiger partial charge on any atom is 0.324 e. The van der Waals surface area contributed by atoms with E-state index in [1.54, 1.807) is 11.9 Å². The van der Waals surface area contributed by atoms with Gasteiger partial charge in [-0.05, 0) is 59.6 Å². The Balaban J connectivity index is 1.06. The molecule has 0 atom stereocenters. The van der Waals surface area contributed by atoms with Gasteiger partial charge in [-0.15, -0.1) is 0 Å². The number of aliphatic hydroxyl groups is 1. The maximum atomic E-state index is 13.6. The highest BCUT2D eigenvalue weighted by Gasteiger charge is 2.30. The summed E-state index contributed by atoms with van der Waals surface area (Å²) in [5.41, 5.74) is 5.87. The van der Waals surface area contributed by atoms with E-state index in [0.29, 0.717) is 18.0 Å². The van der Waals surface area contributed by atoms with Crippen LogP contribution in [-0.4, -0.2) is 80.8 Å². The largest absolute Gasteiger partial charge is 0.395 e. The van der Waals surface area contributed by atoms with Gasteiger partial charge in [-0.3, -0.25) is 9.69 Å². The Morgan fingerprint density at radius 1 is 0.936 bits per heavy atom. The SMILES string of the molecule is CN(CCO)C(=O)c1cn(Cc2cncn2CC2CCN(C(=O)N3CCCc4ccccc43)CC2)cc1-c1cccc2ccccc12. The molecule has 0 unspecified atom stereocenters. The van der Waals surface area contributed by atoms with Crippen LogP contribution in [0.4, 0.5) is 10.5 Å². The topological polar surface area (TPSA) is 86.8 Å². The number of nitrogens with zero attached hydrogens (tertiary/aromatic N) is 6. The molecule has 2 aromatic heterocycles. The lowest BCUT2D eigenvalue weighted by Crippen LogP contribution is -2.48. The molecule has 1 N–H and O–H groups in total. The van der Waals surface area contributed by atoms with Crippen LogP contribution in [0.5, 0.6) is 0 Å². The Labute approximate surface area is 275 Å². The molecule has 0 saturated carbocycles. The monoisotopic (exact) mass is 630 g/mol. The van der Waals surface area contributed by atoms with Crippen LogP contribution in [0, 0.1) is 5.92 Å². The fraction of sp³-hybridized carbons (Fsp3) is 0.342. The zero-order chi connectivity index (χ0) is 32.3. The van der Waals surface area contributed by atoms with E-state index in [1.807, 2.05) is 52.8 Å². The Hall–Kier alpha value is -4.89. The molecule has 1 saturated heterocycles. The molecule has 0 spiro atoms. The van der Waals surface area contributed by atoms with E-state index in [0.717, 1.165) is 85.1 Å². The van der Waals surface area contributed by atoms with E-state index < -0.39 is 0 Å². The zero-order valence-corrected chi connectivity index (χ0v) is 27.0. The molecule has 5 aromatic rings. The van der Waals surface area contributed by atoms with Crippen molar-refractivity contribution in [1.29, 1.82) is 0 Å². The van der Waals surface area contributed by atoms with Gasteiger partial charge < -0.3 is 24.0 Å². The minimum Gasteiger partial charge on any atom is -0.395 e. The van der Waals surface area contributed by atoms with Crippen LogP contribution in [0.3, 0.4) is 0 Å². The van der Waals surface area contributed by atoms with E-state index in [9.17, 15) is 14.7 Å². The van der Waals surface area contributed by atoms with Crippen molar-refractivity contribution in [3.63, 3.8) is 0 Å². The summed E-state index contributed by atoms with van der Waals surface area (Å²) in [5, 5.41) is 11.7. The molecule has 0 aliphatic carbocycles. The Bertz CT molecular complexity index is 1880. The van der Waals surface area contributed by atoms with E-state index in [1.165, 1.54) is 5.56 Å². The summed E-state index contributed by atoms with van der Waals surface area (Å²) in [4.78, 5) is 37.2. The van der Waals surface area contributed by atoms with Gasteiger partial charge in [-0.25, -0.2) is 9.78 Å². The van der Waals surface area contributed by atoms with Crippen LogP contribution < -0.4 is 4.90 Å². The van der Waals surface area contributed by atoms with Crippen molar-refractivity contribution in [1.82, 2.24) is 23.9 Å². The van der Waals surface area contributed by atoms with Gasteiger partial charge in [0.25, 0.3) is 5.91 Å². The second-order valence-corrected chi connectivity index (χ2v) is 12.9. The summed E-state index contributed by atoms with van der Waals surface area (Å²) in [7, 11) is 1.72. The molecular formula is C38H42N6O3. The van der Waals surface area contributed by atoms with Crippen molar-refractivity contribution in [2.45, 2.75) is 38.8 Å². The molecule has 2 aliphatic heterocycles. The number of imidazole rings is 1. The first-order valence-corrected chi connectivity index (χ1v) is 16.7. The normalized spacial score (nSPS) is 15.2. The average Bonchev–Trinajstić information content (AvgIpc) is 3.74. The van der Waals surface area contributed by atoms with Crippen LogP contribution in [0.25, 0.3) is 21.9 Å². The van der Waals surface area contributed by atoms with Crippen molar-refractivity contribution < 1.29 is 14.7 Å². The fourth-order valence-electron chi connectivity index (χ4n) is 7.22. The van der Waals surface area contributed by atoms with E-state index >= 15 is 0 Å². The quantitative estimate of drug-likeness (QED) is 0.231. The Kier molecular flexibility index (Phi) is 8.80. The van der Waals surface area contributed by atoms with Crippen LogP contribution in [0.2, 0.25) is 0 Å². The van der Waals surface area contributed by atoms with Gasteiger partial charge in [0.2, 0.25) is 0 Å². The molecule has 1 fully saturated rings. The standard InChI is InChI=1S/C38H42N6O3/c1-40(20-21-45)37(46)35-26-41(25-34(35)33-13-6-10-29-8-2-4-12-32(29)33)24-31-22-39-27-43(31)23-28-15-18-42(19-16-28)38(47)44-17-7-11-30-9-3-5-14-36(30)44/h2-6,8-10,12-14,22,25-28,45H,7,11,15-21,23-24H2,1H3. The number of carbonyl (C=O) groups is 2. The minimum absolute atomic E-state index is 0.0922. The van der Waals surface area contributed by atoms with Gasteiger partial charge >= 0.3 is 6.03 Å². The molecule has 7 rings (SSSR count). The van der Waals surface area contributed by atoms with E-state index in [2.05, 4.69) is 62.8 Å². The van der Waals surface area contributed by atoms with Gasteiger partial charge in [0.15, 0.2) is 0 Å². The summed E-state index contributed by atoms with van der Waals surface area (Å²) in [5.74, 6) is 0.324. The van der Waals surface area contributed by atoms with Crippen molar-refractivity contribution in [3.05, 3.63) is 108 Å². The number of piperidine rings is 1. The average molecular weight is 631 g/mol. The second-order valence-electron chi connectivity index (χ2n) is 12.9. The molecule has 4 heterocycles. The first-order chi connectivity index (χ1) is 23.0. The summed E-state index contributed by atoms with van der Waals surface area (Å²) in [6.07, 6.45) is 11.7. The number of urea groups is 1. The molecule has 3 aromatic carbocycles. The number of para-hydroxylation sites is 1. The third-order valence-corrected chi connectivity index (χ3v) is 9.80. The van der Waals surface area contributed by atoms with Gasteiger partial charge in [0, 0.05) is 69.6 Å². The molecule has 242 valence electrons. The number of amides is 3. The number of hydrogen-bond donors (Lipinski definition) is 1. The first kappa shape index (κ1) is 30.7. The predicted molar refractivity (Wildman–Crippen MR) is 185 cm³/mol. The molecule has 9 heteroatoms. The van der Waals surface area contributed by atoms with Crippen LogP contribution in [0.1, 0.15) is 40.9 Å². The summed E-state index contributed by atoms with van der Waals surface area (Å²) < 4.78 is 4.29. The molecular weight excluding hydrogens is 588 g/mol. The molecule has 9 nitrogen and oxygen atoms in total. The van der Waals surface area contributed by atoms with Crippen molar-refractivity contribution in [3.8, 4) is 11.1 Å². The number of carbonyl (C=O) groups excluding carboxylic acids is 2. The van der Waals surface area contributed by atoms with Gasteiger partial charge in [-0.2, -0.15) is 0 Å². The summed E-state index contributed by atoms with van der Waals surface area (Å²) in [6, 6.07) is 22.8. The Morgan fingerprint density at radius 2 is 1.72 bits per heavy atom. The molecule has 47 heavy (non-hydrogen) atoms. The summed E-state index contributed by atoms with van der Waals surface area (Å²) in [6.45, 7) is 3.87. The highest BCUT2D eigenvalue weighted by Crippen LogP contribution is 2.33. The van der Waals surface area contributed by atoms with Crippen LogP contribution in [-0.2, 0) is 19.5 Å². The lowest BCUT2D eigenvalue weighted by Gasteiger charge is -2.38. The molecule has 2 aliphatic rings. The van der Waals surface area contributed by atoms with Crippen LogP contribution in [0.15, 0.2) is 91.6 Å². The molecule has 3 amide bonds. The van der Waals surface area contributed by atoms with Crippen molar-refractivity contribution in [2.75, 3.05) is 44.7 Å². The number of anilines is 1. The van der Waals surface area contributed by atoms with Crippen molar-refractivity contribution in [2.24, 2.45) is 5.92 Å². The minimum atomic E-state index is -0.122. The number of aliphatic hydroxyl groups excluding tert-OH is 1. The van der Waals surface area contributed by atoms with E-state index in [-0.39, 0.29) is 25.1 Å². The number of hydrogen-bond acceptors (Lipinski definition) is 4. The number of aromatic nitrogens is 3. The first-order valence-electron chi connectivity index (χ1n) is 16.7. The lowest BCUT2D eigenvalue weighted by atomic mass is 9.96. The predicted octanol–water partition coefficient (Wildman–Crippen LogP) is 5.90. The number of rotatable bonds is 8. The number of benzene rings is 3. The van der Waals surface area contributed by atoms with Crippen molar-refractivity contribution >= 4 is 28.4 Å². The second kappa shape index (κ2) is 13.5. The van der Waals surface area contributed by atoms with Gasteiger partial charge in [0.05, 0.1) is 30.7 Å².